The van der Waals surface area contributed by atoms with Crippen LogP contribution in [0.25, 0.3) is 0 Å². The van der Waals surface area contributed by atoms with E-state index in [2.05, 4.69) is 5.32 Å². The summed E-state index contributed by atoms with van der Waals surface area (Å²) in [6.07, 6.45) is 1.48. The molecule has 0 fully saturated rings. The number of nitro groups is 1. The summed E-state index contributed by atoms with van der Waals surface area (Å²) in [4.78, 5) is 33.9. The molecule has 0 aliphatic carbocycles. The van der Waals surface area contributed by atoms with Crippen molar-refractivity contribution in [2.75, 3.05) is 11.6 Å². The fourth-order valence-corrected chi connectivity index (χ4v) is 3.81. The normalized spacial score (nSPS) is 15.2. The van der Waals surface area contributed by atoms with Crippen LogP contribution in [0, 0.1) is 10.1 Å². The zero-order chi connectivity index (χ0) is 19.7. The number of carboxylic acid groups (broad SMARTS) is 1. The number of nitrogens with zero attached hydrogens (tertiary/aromatic N) is 1. The van der Waals surface area contributed by atoms with Gasteiger partial charge in [-0.05, 0) is 36.1 Å². The van der Waals surface area contributed by atoms with Crippen molar-refractivity contribution in [1.82, 2.24) is 0 Å². The van der Waals surface area contributed by atoms with Crippen LogP contribution in [0.5, 0.6) is 11.5 Å². The van der Waals surface area contributed by atoms with Gasteiger partial charge >= 0.3 is 11.7 Å². The number of hydrogen-bond acceptors (Lipinski definition) is 6. The third kappa shape index (κ3) is 3.69. The minimum atomic E-state index is -1.01. The second-order valence-corrected chi connectivity index (χ2v) is 7.02. The van der Waals surface area contributed by atoms with Gasteiger partial charge in [-0.3, -0.25) is 19.7 Å². The molecule has 0 saturated heterocycles. The summed E-state index contributed by atoms with van der Waals surface area (Å²) in [7, 11) is 0. The van der Waals surface area contributed by atoms with Crippen molar-refractivity contribution in [3.05, 3.63) is 56.6 Å². The lowest BCUT2D eigenvalue weighted by Gasteiger charge is -2.12. The second kappa shape index (κ2) is 7.45. The number of benzene rings is 2. The van der Waals surface area contributed by atoms with E-state index in [-0.39, 0.29) is 40.1 Å². The summed E-state index contributed by atoms with van der Waals surface area (Å²) in [6.45, 7) is 0. The van der Waals surface area contributed by atoms with Crippen LogP contribution >= 0.6 is 23.4 Å². The number of thioether (sulfide) groups is 1. The number of carboxylic acids is 1. The minimum absolute atomic E-state index is 0.0535. The number of rotatable bonds is 6. The highest BCUT2D eigenvalue weighted by molar-refractivity contribution is 7.99. The van der Waals surface area contributed by atoms with Crippen LogP contribution in [0.3, 0.4) is 0 Å². The number of carbonyl (C=O) groups is 2. The molecule has 1 amide bonds. The number of carbonyl (C=O) groups excluding carboxylic acids is 1. The Balaban J connectivity index is 2.01. The van der Waals surface area contributed by atoms with Gasteiger partial charge in [0, 0.05) is 0 Å². The van der Waals surface area contributed by atoms with Crippen molar-refractivity contribution in [3.63, 3.8) is 0 Å². The van der Waals surface area contributed by atoms with E-state index >= 15 is 0 Å². The SMILES string of the molecule is CSC1C(=O)Nc2ccc(Oc3ccc(CC(=O)O)cc3Cl)c([N+](=O)[O-])c21. The molecule has 1 heterocycles. The van der Waals surface area contributed by atoms with E-state index < -0.39 is 16.1 Å². The van der Waals surface area contributed by atoms with E-state index in [1.54, 1.807) is 12.3 Å². The van der Waals surface area contributed by atoms with Gasteiger partial charge in [0.05, 0.1) is 27.6 Å². The van der Waals surface area contributed by atoms with E-state index in [1.165, 1.54) is 36.0 Å². The summed E-state index contributed by atoms with van der Waals surface area (Å²) in [5.74, 6) is -1.24. The van der Waals surface area contributed by atoms with Crippen LogP contribution in [0.15, 0.2) is 30.3 Å². The van der Waals surface area contributed by atoms with E-state index in [0.29, 0.717) is 11.3 Å². The van der Waals surface area contributed by atoms with Crippen molar-refractivity contribution in [1.29, 1.82) is 0 Å². The Morgan fingerprint density at radius 1 is 1.37 bits per heavy atom. The highest BCUT2D eigenvalue weighted by atomic mass is 35.5. The quantitative estimate of drug-likeness (QED) is 0.547. The van der Waals surface area contributed by atoms with Crippen LogP contribution in [0.2, 0.25) is 5.02 Å². The van der Waals surface area contributed by atoms with Crippen LogP contribution in [-0.2, 0) is 16.0 Å². The number of halogens is 1. The average Bonchev–Trinajstić information content (AvgIpc) is 2.91. The van der Waals surface area contributed by atoms with Gasteiger partial charge in [0.1, 0.15) is 11.0 Å². The molecule has 0 aromatic heterocycles. The first kappa shape index (κ1) is 19.0. The Morgan fingerprint density at radius 3 is 2.67 bits per heavy atom. The summed E-state index contributed by atoms with van der Waals surface area (Å²) in [5.41, 5.74) is 0.798. The molecule has 1 unspecified atom stereocenters. The molecule has 140 valence electrons. The zero-order valence-corrected chi connectivity index (χ0v) is 15.5. The molecule has 0 bridgehead atoms. The summed E-state index contributed by atoms with van der Waals surface area (Å²) in [5, 5.41) is 22.5. The number of nitro benzene ring substituents is 1. The van der Waals surface area contributed by atoms with Crippen LogP contribution in [0.1, 0.15) is 16.4 Å². The summed E-state index contributed by atoms with van der Waals surface area (Å²) < 4.78 is 5.65. The van der Waals surface area contributed by atoms with Gasteiger partial charge in [0.25, 0.3) is 0 Å². The molecule has 2 N–H and O–H groups in total. The molecule has 3 rings (SSSR count). The predicted octanol–water partition coefficient (Wildman–Crippen LogP) is 4.02. The summed E-state index contributed by atoms with van der Waals surface area (Å²) in [6, 6.07) is 7.33. The molecular formula is C17H13ClN2O6S. The van der Waals surface area contributed by atoms with E-state index in [1.807, 2.05) is 0 Å². The van der Waals surface area contributed by atoms with Crippen molar-refractivity contribution in [2.45, 2.75) is 11.7 Å². The highest BCUT2D eigenvalue weighted by Gasteiger charge is 2.39. The number of amides is 1. The molecule has 2 aromatic rings. The largest absolute Gasteiger partial charge is 0.481 e. The zero-order valence-electron chi connectivity index (χ0n) is 13.9. The first-order valence-electron chi connectivity index (χ1n) is 7.64. The summed E-state index contributed by atoms with van der Waals surface area (Å²) >= 11 is 7.32. The van der Waals surface area contributed by atoms with E-state index in [9.17, 15) is 19.7 Å². The first-order valence-corrected chi connectivity index (χ1v) is 9.31. The topological polar surface area (TPSA) is 119 Å². The van der Waals surface area contributed by atoms with Crippen LogP contribution in [-0.4, -0.2) is 28.2 Å². The standard InChI is InChI=1S/C17H13ClN2O6S/c1-27-16-14-10(19-17(16)23)3-5-12(15(14)20(24)25)26-11-4-2-8(6-9(11)18)7-13(21)22/h2-6,16H,7H2,1H3,(H,19,23)(H,21,22). The van der Waals surface area contributed by atoms with Crippen molar-refractivity contribution >= 4 is 46.6 Å². The van der Waals surface area contributed by atoms with Gasteiger partial charge < -0.3 is 15.2 Å². The number of nitrogens with one attached hydrogen (secondary N) is 1. The lowest BCUT2D eigenvalue weighted by Crippen LogP contribution is -2.09. The maximum Gasteiger partial charge on any atom is 0.318 e. The lowest BCUT2D eigenvalue weighted by molar-refractivity contribution is -0.386. The molecule has 1 atom stereocenters. The van der Waals surface area contributed by atoms with E-state index in [0.717, 1.165) is 0 Å². The molecule has 27 heavy (non-hydrogen) atoms. The maximum absolute atomic E-state index is 12.0. The lowest BCUT2D eigenvalue weighted by atomic mass is 10.1. The molecule has 8 nitrogen and oxygen atoms in total. The average molecular weight is 409 g/mol. The molecule has 1 aliphatic rings. The number of hydrogen-bond donors (Lipinski definition) is 2. The smallest absolute Gasteiger partial charge is 0.318 e. The molecule has 10 heteroatoms. The van der Waals surface area contributed by atoms with Gasteiger partial charge in [-0.2, -0.15) is 0 Å². The molecule has 0 radical (unpaired) electrons. The third-order valence-corrected chi connectivity index (χ3v) is 5.14. The molecule has 0 spiro atoms. The Labute approximate surface area is 162 Å². The van der Waals surface area contributed by atoms with Gasteiger partial charge in [0.2, 0.25) is 11.7 Å². The number of anilines is 1. The molecule has 2 aromatic carbocycles. The van der Waals surface area contributed by atoms with Crippen molar-refractivity contribution in [3.8, 4) is 11.5 Å². The third-order valence-electron chi connectivity index (χ3n) is 3.93. The Bertz CT molecular complexity index is 965. The predicted molar refractivity (Wildman–Crippen MR) is 101 cm³/mol. The maximum atomic E-state index is 12.0. The van der Waals surface area contributed by atoms with Crippen molar-refractivity contribution in [2.24, 2.45) is 0 Å². The monoisotopic (exact) mass is 408 g/mol. The van der Waals surface area contributed by atoms with Gasteiger partial charge in [0.15, 0.2) is 0 Å². The first-order chi connectivity index (χ1) is 12.8. The Kier molecular flexibility index (Phi) is 5.24. The second-order valence-electron chi connectivity index (χ2n) is 5.67. The van der Waals surface area contributed by atoms with Gasteiger partial charge in [-0.15, -0.1) is 11.8 Å². The Hall–Kier alpha value is -2.78. The molecular weight excluding hydrogens is 396 g/mol. The van der Waals surface area contributed by atoms with Gasteiger partial charge in [-0.1, -0.05) is 17.7 Å². The fourth-order valence-electron chi connectivity index (χ4n) is 2.82. The van der Waals surface area contributed by atoms with Gasteiger partial charge in [-0.25, -0.2) is 0 Å². The fraction of sp³-hybridized carbons (Fsp3) is 0.176. The molecule has 0 saturated carbocycles. The number of ether oxygens (including phenoxy) is 1. The van der Waals surface area contributed by atoms with E-state index in [4.69, 9.17) is 21.4 Å². The minimum Gasteiger partial charge on any atom is -0.481 e. The van der Waals surface area contributed by atoms with Crippen LogP contribution < -0.4 is 10.1 Å². The van der Waals surface area contributed by atoms with Crippen molar-refractivity contribution < 1.29 is 24.4 Å². The number of aliphatic carboxylic acids is 1. The number of fused-ring (bicyclic) bond motifs is 1. The molecule has 1 aliphatic heterocycles. The highest BCUT2D eigenvalue weighted by Crippen LogP contribution is 2.49. The van der Waals surface area contributed by atoms with Crippen LogP contribution in [0.4, 0.5) is 11.4 Å². The Morgan fingerprint density at radius 2 is 2.07 bits per heavy atom.